The molecule has 1 aliphatic rings. The van der Waals surface area contributed by atoms with Crippen molar-refractivity contribution in [3.8, 4) is 11.3 Å². The second kappa shape index (κ2) is 9.08. The number of imidazole rings is 1. The van der Waals surface area contributed by atoms with Crippen LogP contribution in [0.25, 0.3) is 27.9 Å². The third kappa shape index (κ3) is 4.54. The van der Waals surface area contributed by atoms with Crippen LogP contribution in [-0.4, -0.2) is 65.5 Å². The number of anilines is 2. The maximum absolute atomic E-state index is 13.1. The van der Waals surface area contributed by atoms with Crippen LogP contribution in [0, 0.1) is 6.92 Å². The van der Waals surface area contributed by atoms with Crippen LogP contribution in [-0.2, 0) is 6.54 Å². The quantitative estimate of drug-likeness (QED) is 0.321. The number of pyridine rings is 1. The van der Waals surface area contributed by atoms with Crippen LogP contribution < -0.4 is 10.6 Å². The molecular formula is C23H25F5N8O. The van der Waals surface area contributed by atoms with Gasteiger partial charge in [-0.3, -0.25) is 0 Å². The number of aromatic nitrogens is 6. The topological polar surface area (TPSA) is 105 Å². The summed E-state index contributed by atoms with van der Waals surface area (Å²) in [5, 5.41) is 20.5. The Morgan fingerprint density at radius 2 is 1.86 bits per heavy atom. The monoisotopic (exact) mass is 524 g/mol. The third-order valence-corrected chi connectivity index (χ3v) is 6.80. The van der Waals surface area contributed by atoms with Gasteiger partial charge < -0.3 is 20.3 Å². The van der Waals surface area contributed by atoms with Crippen molar-refractivity contribution >= 4 is 28.4 Å². The molecule has 0 bridgehead atoms. The van der Waals surface area contributed by atoms with E-state index in [9.17, 15) is 27.1 Å². The minimum atomic E-state index is -4.67. The Labute approximate surface area is 207 Å². The highest BCUT2D eigenvalue weighted by atomic mass is 19.4. The van der Waals surface area contributed by atoms with Gasteiger partial charge in [0.05, 0.1) is 12.2 Å². The Bertz CT molecular complexity index is 1440. The molecule has 0 aliphatic heterocycles. The van der Waals surface area contributed by atoms with E-state index in [1.807, 2.05) is 0 Å². The lowest BCUT2D eigenvalue weighted by Gasteiger charge is -2.37. The van der Waals surface area contributed by atoms with E-state index in [1.54, 1.807) is 42.9 Å². The molecular weight excluding hydrogens is 499 g/mol. The average molecular weight is 524 g/mol. The minimum Gasteiger partial charge on any atom is -0.380 e. The van der Waals surface area contributed by atoms with Gasteiger partial charge in [0.15, 0.2) is 17.1 Å². The van der Waals surface area contributed by atoms with Gasteiger partial charge in [0, 0.05) is 24.8 Å². The second-order valence-electron chi connectivity index (χ2n) is 9.20. The molecule has 5 rings (SSSR count). The molecule has 1 fully saturated rings. The summed E-state index contributed by atoms with van der Waals surface area (Å²) in [4.78, 5) is 13.4. The van der Waals surface area contributed by atoms with E-state index in [0.717, 1.165) is 0 Å². The van der Waals surface area contributed by atoms with E-state index in [1.165, 1.54) is 4.57 Å². The highest BCUT2D eigenvalue weighted by Crippen LogP contribution is 2.42. The number of fused-ring (bicyclic) bond motifs is 2. The van der Waals surface area contributed by atoms with Crippen LogP contribution in [0.2, 0.25) is 0 Å². The second-order valence-corrected chi connectivity index (χ2v) is 9.20. The summed E-state index contributed by atoms with van der Waals surface area (Å²) < 4.78 is 68.5. The zero-order valence-corrected chi connectivity index (χ0v) is 20.0. The molecule has 37 heavy (non-hydrogen) atoms. The van der Waals surface area contributed by atoms with Crippen LogP contribution in [0.3, 0.4) is 0 Å². The summed E-state index contributed by atoms with van der Waals surface area (Å²) in [5.74, 6) is 1.10. The third-order valence-electron chi connectivity index (χ3n) is 6.80. The van der Waals surface area contributed by atoms with E-state index in [4.69, 9.17) is 0 Å². The van der Waals surface area contributed by atoms with Crippen LogP contribution in [0.4, 0.5) is 33.7 Å². The summed E-state index contributed by atoms with van der Waals surface area (Å²) in [5.41, 5.74) is -0.0497. The summed E-state index contributed by atoms with van der Waals surface area (Å²) in [6, 6.07) is 4.90. The normalized spacial score (nSPS) is 20.7. The van der Waals surface area contributed by atoms with E-state index in [2.05, 4.69) is 30.7 Å². The molecule has 9 nitrogen and oxygen atoms in total. The van der Waals surface area contributed by atoms with Gasteiger partial charge >= 0.3 is 6.18 Å². The number of nitrogens with zero attached hydrogens (tertiary/aromatic N) is 6. The van der Waals surface area contributed by atoms with Crippen molar-refractivity contribution in [3.63, 3.8) is 0 Å². The van der Waals surface area contributed by atoms with Crippen molar-refractivity contribution in [2.75, 3.05) is 17.7 Å². The maximum Gasteiger partial charge on any atom is 0.417 e. The number of hydrogen-bond donors (Lipinski definition) is 3. The van der Waals surface area contributed by atoms with Gasteiger partial charge in [-0.15, -0.1) is 5.10 Å². The van der Waals surface area contributed by atoms with Crippen molar-refractivity contribution in [1.82, 2.24) is 29.1 Å². The van der Waals surface area contributed by atoms with Gasteiger partial charge in [0.2, 0.25) is 5.95 Å². The highest BCUT2D eigenvalue weighted by Gasteiger charge is 2.54. The van der Waals surface area contributed by atoms with E-state index >= 15 is 0 Å². The molecule has 0 unspecified atom stereocenters. The molecule has 3 N–H and O–H groups in total. The first-order chi connectivity index (χ1) is 17.5. The number of rotatable bonds is 6. The fraction of sp³-hybridized carbons (Fsp3) is 0.478. The first-order valence-electron chi connectivity index (χ1n) is 11.7. The number of halogens is 5. The molecule has 4 aromatic rings. The Balaban J connectivity index is 1.45. The molecule has 0 amide bonds. The SMILES string of the molecule is CNc1nc(NC2CCC(O)(C(F)(F)F)CC2)nn2ccc(-c3ccc4nc(C)n(CC(F)F)c4n3)c12. The Morgan fingerprint density at radius 1 is 1.14 bits per heavy atom. The molecule has 0 radical (unpaired) electrons. The lowest BCUT2D eigenvalue weighted by Crippen LogP contribution is -2.49. The standard InChI is InChI=1S/C23H25F5N8O/c1-12-30-16-4-3-15(32-20(16)35(12)11-17(24)25)14-7-10-36-18(14)19(29-2)33-21(34-36)31-13-5-8-22(37,9-6-13)23(26,27)28/h3-4,7,10,13,17,37H,5-6,8-9,11H2,1-2H3,(H2,29,31,33,34). The molecule has 0 atom stereocenters. The van der Waals surface area contributed by atoms with Gasteiger partial charge in [0.25, 0.3) is 6.43 Å². The van der Waals surface area contributed by atoms with Crippen molar-refractivity contribution in [2.45, 2.75) is 63.4 Å². The van der Waals surface area contributed by atoms with Crippen molar-refractivity contribution in [3.05, 3.63) is 30.2 Å². The predicted molar refractivity (Wildman–Crippen MR) is 127 cm³/mol. The lowest BCUT2D eigenvalue weighted by molar-refractivity contribution is -0.269. The molecule has 1 saturated carbocycles. The zero-order valence-electron chi connectivity index (χ0n) is 20.0. The van der Waals surface area contributed by atoms with Crippen molar-refractivity contribution in [1.29, 1.82) is 0 Å². The summed E-state index contributed by atoms with van der Waals surface area (Å²) in [6.07, 6.45) is -6.12. The van der Waals surface area contributed by atoms with Crippen molar-refractivity contribution < 1.29 is 27.1 Å². The molecule has 4 heterocycles. The van der Waals surface area contributed by atoms with E-state index in [-0.39, 0.29) is 24.8 Å². The summed E-state index contributed by atoms with van der Waals surface area (Å²) >= 11 is 0. The first-order valence-corrected chi connectivity index (χ1v) is 11.7. The average Bonchev–Trinajstić information content (AvgIpc) is 3.39. The fourth-order valence-electron chi connectivity index (χ4n) is 4.79. The number of aryl methyl sites for hydroxylation is 1. The molecule has 198 valence electrons. The fourth-order valence-corrected chi connectivity index (χ4v) is 4.79. The molecule has 0 aromatic carbocycles. The van der Waals surface area contributed by atoms with Gasteiger partial charge in [-0.2, -0.15) is 18.2 Å². The number of nitrogens with one attached hydrogen (secondary N) is 2. The van der Waals surface area contributed by atoms with Crippen molar-refractivity contribution in [2.24, 2.45) is 0 Å². The number of alkyl halides is 5. The number of aliphatic hydroxyl groups is 1. The van der Waals surface area contributed by atoms with Gasteiger partial charge in [-0.25, -0.2) is 23.3 Å². The molecule has 4 aromatic heterocycles. The molecule has 14 heteroatoms. The minimum absolute atomic E-state index is 0.110. The largest absolute Gasteiger partial charge is 0.417 e. The van der Waals surface area contributed by atoms with Crippen LogP contribution in [0.1, 0.15) is 31.5 Å². The molecule has 0 spiro atoms. The maximum atomic E-state index is 13.1. The molecule has 1 aliphatic carbocycles. The zero-order chi connectivity index (χ0) is 26.5. The summed E-state index contributed by atoms with van der Waals surface area (Å²) in [6.45, 7) is 1.13. The van der Waals surface area contributed by atoms with Gasteiger partial charge in [-0.05, 0) is 50.8 Å². The van der Waals surface area contributed by atoms with Crippen LogP contribution >= 0.6 is 0 Å². The first kappa shape index (κ1) is 25.1. The Morgan fingerprint density at radius 3 is 2.51 bits per heavy atom. The smallest absolute Gasteiger partial charge is 0.380 e. The highest BCUT2D eigenvalue weighted by molar-refractivity contribution is 5.89. The van der Waals surface area contributed by atoms with Crippen LogP contribution in [0.15, 0.2) is 24.4 Å². The van der Waals surface area contributed by atoms with Gasteiger partial charge in [0.1, 0.15) is 16.9 Å². The Hall–Kier alpha value is -3.55. The van der Waals surface area contributed by atoms with Gasteiger partial charge in [-0.1, -0.05) is 0 Å². The number of hydrogen-bond acceptors (Lipinski definition) is 7. The Kier molecular flexibility index (Phi) is 6.16. The van der Waals surface area contributed by atoms with Crippen LogP contribution in [0.5, 0.6) is 0 Å². The summed E-state index contributed by atoms with van der Waals surface area (Å²) in [7, 11) is 1.67. The van der Waals surface area contributed by atoms with E-state index in [0.29, 0.717) is 39.6 Å². The van der Waals surface area contributed by atoms with E-state index < -0.39 is 37.6 Å². The molecule has 0 saturated heterocycles. The lowest BCUT2D eigenvalue weighted by atomic mass is 9.82. The predicted octanol–water partition coefficient (Wildman–Crippen LogP) is 4.40.